The Balaban J connectivity index is 2.33. The maximum Gasteiger partial charge on any atom is 0.321 e. The second kappa shape index (κ2) is 3.40. The van der Waals surface area contributed by atoms with Crippen molar-refractivity contribution in [1.29, 1.82) is 0 Å². The minimum atomic E-state index is -1.22. The monoisotopic (exact) mass is 226 g/mol. The lowest BCUT2D eigenvalue weighted by atomic mass is 9.77. The quantitative estimate of drug-likeness (QED) is 0.396. The van der Waals surface area contributed by atoms with E-state index in [0.29, 0.717) is 6.29 Å². The van der Waals surface area contributed by atoms with Crippen molar-refractivity contribution in [3.8, 4) is 0 Å². The Morgan fingerprint density at radius 2 is 2.19 bits per heavy atom. The SMILES string of the molecule is O=CC1CC(C(=O)O)CC12CC(=O)OC2=O. The average Bonchev–Trinajstić information content (AvgIpc) is 2.69. The summed E-state index contributed by atoms with van der Waals surface area (Å²) in [5, 5.41) is 8.87. The van der Waals surface area contributed by atoms with Crippen molar-refractivity contribution in [2.75, 3.05) is 0 Å². The van der Waals surface area contributed by atoms with E-state index in [0.717, 1.165) is 0 Å². The first-order valence-corrected chi connectivity index (χ1v) is 4.93. The highest BCUT2D eigenvalue weighted by Crippen LogP contribution is 2.51. The van der Waals surface area contributed by atoms with Crippen LogP contribution in [0.4, 0.5) is 0 Å². The Morgan fingerprint density at radius 3 is 2.62 bits per heavy atom. The Hall–Kier alpha value is -1.72. The molecule has 6 heteroatoms. The molecule has 1 saturated heterocycles. The molecule has 6 nitrogen and oxygen atoms in total. The molecular formula is C10H10O6. The highest BCUT2D eigenvalue weighted by atomic mass is 16.6. The van der Waals surface area contributed by atoms with Gasteiger partial charge in [-0.1, -0.05) is 0 Å². The Bertz CT molecular complexity index is 387. The summed E-state index contributed by atoms with van der Waals surface area (Å²) in [5.74, 6) is -3.96. The smallest absolute Gasteiger partial charge is 0.321 e. The van der Waals surface area contributed by atoms with Crippen LogP contribution in [0.15, 0.2) is 0 Å². The highest BCUT2D eigenvalue weighted by molar-refractivity contribution is 6.00. The molecule has 1 N–H and O–H groups in total. The van der Waals surface area contributed by atoms with Gasteiger partial charge in [-0.2, -0.15) is 0 Å². The number of carbonyl (C=O) groups is 4. The number of ether oxygens (including phenoxy) is 1. The standard InChI is InChI=1S/C10H10O6/c11-4-6-1-5(8(13)14)2-10(6)3-7(12)16-9(10)15/h4-6H,1-3H2,(H,13,14). The van der Waals surface area contributed by atoms with Crippen molar-refractivity contribution >= 4 is 24.2 Å². The molecule has 0 radical (unpaired) electrons. The van der Waals surface area contributed by atoms with Gasteiger partial charge in [0.25, 0.3) is 0 Å². The summed E-state index contributed by atoms with van der Waals surface area (Å²) in [6.07, 6.45) is 0.485. The molecule has 2 rings (SSSR count). The van der Waals surface area contributed by atoms with Gasteiger partial charge in [0.2, 0.25) is 0 Å². The summed E-state index contributed by atoms with van der Waals surface area (Å²) in [4.78, 5) is 44.3. The molecule has 1 heterocycles. The predicted octanol–water partition coefficient (Wildman–Crippen LogP) is -0.244. The zero-order valence-electron chi connectivity index (χ0n) is 8.34. The van der Waals surface area contributed by atoms with Gasteiger partial charge in [-0.3, -0.25) is 14.4 Å². The van der Waals surface area contributed by atoms with Gasteiger partial charge in [-0.25, -0.2) is 0 Å². The zero-order chi connectivity index (χ0) is 11.9. The summed E-state index contributed by atoms with van der Waals surface area (Å²) in [7, 11) is 0. The van der Waals surface area contributed by atoms with Crippen molar-refractivity contribution in [2.24, 2.45) is 17.3 Å². The topological polar surface area (TPSA) is 97.7 Å². The van der Waals surface area contributed by atoms with Crippen LogP contribution in [-0.4, -0.2) is 29.3 Å². The minimum Gasteiger partial charge on any atom is -0.481 e. The molecule has 2 aliphatic rings. The fourth-order valence-electron chi connectivity index (χ4n) is 2.59. The predicted molar refractivity (Wildman–Crippen MR) is 48.1 cm³/mol. The number of carbonyl (C=O) groups excluding carboxylic acids is 3. The van der Waals surface area contributed by atoms with Crippen LogP contribution in [0.5, 0.6) is 0 Å². The molecule has 0 amide bonds. The number of aliphatic carboxylic acids is 1. The minimum absolute atomic E-state index is 0.0102. The first-order chi connectivity index (χ1) is 7.49. The molecule has 1 spiro atoms. The number of cyclic esters (lactones) is 2. The van der Waals surface area contributed by atoms with E-state index in [9.17, 15) is 19.2 Å². The molecule has 3 atom stereocenters. The van der Waals surface area contributed by atoms with Gasteiger partial charge < -0.3 is 14.6 Å². The molecule has 0 aromatic rings. The van der Waals surface area contributed by atoms with Crippen LogP contribution in [0.1, 0.15) is 19.3 Å². The first-order valence-electron chi connectivity index (χ1n) is 4.93. The van der Waals surface area contributed by atoms with Crippen LogP contribution >= 0.6 is 0 Å². The number of hydrogen-bond donors (Lipinski definition) is 1. The van der Waals surface area contributed by atoms with Crippen molar-refractivity contribution < 1.29 is 29.0 Å². The lowest BCUT2D eigenvalue weighted by Gasteiger charge is -2.20. The number of hydrogen-bond acceptors (Lipinski definition) is 5. The Labute approximate surface area is 90.6 Å². The van der Waals surface area contributed by atoms with E-state index in [-0.39, 0.29) is 19.3 Å². The first kappa shape index (κ1) is 10.8. The number of rotatable bonds is 2. The Morgan fingerprint density at radius 1 is 1.50 bits per heavy atom. The summed E-state index contributed by atoms with van der Waals surface area (Å²) in [6.45, 7) is 0. The molecule has 86 valence electrons. The van der Waals surface area contributed by atoms with Crippen LogP contribution in [0.3, 0.4) is 0 Å². The zero-order valence-corrected chi connectivity index (χ0v) is 8.34. The highest BCUT2D eigenvalue weighted by Gasteiger charge is 2.60. The van der Waals surface area contributed by atoms with Crippen LogP contribution in [0.25, 0.3) is 0 Å². The van der Waals surface area contributed by atoms with Crippen molar-refractivity contribution in [3.63, 3.8) is 0 Å². The fraction of sp³-hybridized carbons (Fsp3) is 0.600. The summed E-state index contributed by atoms with van der Waals surface area (Å²) in [5.41, 5.74) is -1.22. The number of esters is 2. The van der Waals surface area contributed by atoms with Crippen molar-refractivity contribution in [2.45, 2.75) is 19.3 Å². The van der Waals surface area contributed by atoms with Gasteiger partial charge in [0.15, 0.2) is 0 Å². The number of carboxylic acids is 1. The van der Waals surface area contributed by atoms with E-state index >= 15 is 0 Å². The normalized spacial score (nSPS) is 37.8. The van der Waals surface area contributed by atoms with E-state index in [2.05, 4.69) is 4.74 Å². The molecule has 1 aliphatic carbocycles. The molecule has 0 bridgehead atoms. The van der Waals surface area contributed by atoms with Crippen molar-refractivity contribution in [1.82, 2.24) is 0 Å². The fourth-order valence-corrected chi connectivity index (χ4v) is 2.59. The largest absolute Gasteiger partial charge is 0.481 e. The van der Waals surface area contributed by atoms with Crippen molar-refractivity contribution in [3.05, 3.63) is 0 Å². The lowest BCUT2D eigenvalue weighted by molar-refractivity contribution is -0.156. The van der Waals surface area contributed by atoms with Gasteiger partial charge in [0.05, 0.1) is 17.8 Å². The lowest BCUT2D eigenvalue weighted by Crippen LogP contribution is -2.31. The third-order valence-corrected chi connectivity index (χ3v) is 3.45. The third kappa shape index (κ3) is 1.33. The second-order valence-electron chi connectivity index (χ2n) is 4.31. The summed E-state index contributed by atoms with van der Waals surface area (Å²) >= 11 is 0. The van der Waals surface area contributed by atoms with E-state index in [1.807, 2.05) is 0 Å². The molecular weight excluding hydrogens is 216 g/mol. The van der Waals surface area contributed by atoms with E-state index in [1.54, 1.807) is 0 Å². The number of carboxylic acid groups (broad SMARTS) is 1. The summed E-state index contributed by atoms with van der Waals surface area (Å²) < 4.78 is 4.43. The van der Waals surface area contributed by atoms with Gasteiger partial charge in [-0.15, -0.1) is 0 Å². The average molecular weight is 226 g/mol. The molecule has 2 fully saturated rings. The molecule has 3 unspecified atom stereocenters. The van der Waals surface area contributed by atoms with Gasteiger partial charge >= 0.3 is 17.9 Å². The number of aldehydes is 1. The van der Waals surface area contributed by atoms with Crippen LogP contribution in [-0.2, 0) is 23.9 Å². The van der Waals surface area contributed by atoms with Gasteiger partial charge in [0, 0.05) is 5.92 Å². The van der Waals surface area contributed by atoms with E-state index < -0.39 is 35.2 Å². The second-order valence-corrected chi connectivity index (χ2v) is 4.31. The van der Waals surface area contributed by atoms with Crippen LogP contribution < -0.4 is 0 Å². The van der Waals surface area contributed by atoms with Gasteiger partial charge in [0.1, 0.15) is 6.29 Å². The molecule has 16 heavy (non-hydrogen) atoms. The van der Waals surface area contributed by atoms with Gasteiger partial charge in [-0.05, 0) is 12.8 Å². The molecule has 0 aromatic heterocycles. The van der Waals surface area contributed by atoms with Crippen LogP contribution in [0, 0.1) is 17.3 Å². The maximum absolute atomic E-state index is 11.6. The van der Waals surface area contributed by atoms with E-state index in [4.69, 9.17) is 5.11 Å². The third-order valence-electron chi connectivity index (χ3n) is 3.45. The summed E-state index contributed by atoms with van der Waals surface area (Å²) in [6, 6.07) is 0. The van der Waals surface area contributed by atoms with E-state index in [1.165, 1.54) is 0 Å². The molecule has 1 aliphatic heterocycles. The van der Waals surface area contributed by atoms with Crippen LogP contribution in [0.2, 0.25) is 0 Å². The maximum atomic E-state index is 11.6. The molecule has 0 aromatic carbocycles. The Kier molecular flexibility index (Phi) is 2.29. The molecule has 1 saturated carbocycles.